The molecule has 0 radical (unpaired) electrons. The number of carbonyl (C=O) groups is 2. The molecule has 2 fully saturated rings. The molecule has 0 unspecified atom stereocenters. The summed E-state index contributed by atoms with van der Waals surface area (Å²) in [6.45, 7) is 2.00. The zero-order valence-electron chi connectivity index (χ0n) is 18.2. The Hall–Kier alpha value is -2.92. The molecule has 2 aromatic carbocycles. The highest BCUT2D eigenvalue weighted by atomic mass is 32.2. The number of benzene rings is 2. The Morgan fingerprint density at radius 2 is 1.76 bits per heavy atom. The first-order chi connectivity index (χ1) is 15.9. The quantitative estimate of drug-likeness (QED) is 0.585. The van der Waals surface area contributed by atoms with Crippen molar-refractivity contribution < 1.29 is 22.7 Å². The number of nitrogens with one attached hydrogen (secondary N) is 2. The van der Waals surface area contributed by atoms with Crippen LogP contribution in [0.1, 0.15) is 12.8 Å². The minimum Gasteiger partial charge on any atom is -0.497 e. The van der Waals surface area contributed by atoms with E-state index >= 15 is 0 Å². The summed E-state index contributed by atoms with van der Waals surface area (Å²) < 4.78 is 34.5. The van der Waals surface area contributed by atoms with Crippen LogP contribution in [0.3, 0.4) is 0 Å². The Morgan fingerprint density at radius 1 is 1.06 bits per heavy atom. The van der Waals surface area contributed by atoms with E-state index in [4.69, 9.17) is 4.74 Å². The fraction of sp³-hybridized carbons (Fsp3) is 0.364. The number of nitrogens with zero attached hydrogens (tertiary/aromatic N) is 2. The smallest absolute Gasteiger partial charge is 0.282 e. The van der Waals surface area contributed by atoms with Crippen molar-refractivity contribution in [1.82, 2.24) is 4.90 Å². The number of sulfonamides is 1. The molecule has 176 valence electrons. The maximum atomic E-state index is 13.4. The number of methoxy groups -OCH3 is 1. The van der Waals surface area contributed by atoms with Crippen LogP contribution in [0, 0.1) is 0 Å². The monoisotopic (exact) mass is 490 g/mol. The molecule has 0 atom stereocenters. The molecule has 2 saturated heterocycles. The van der Waals surface area contributed by atoms with Crippen LogP contribution in [-0.2, 0) is 14.8 Å². The van der Waals surface area contributed by atoms with Crippen molar-refractivity contribution in [2.45, 2.75) is 17.7 Å². The van der Waals surface area contributed by atoms with Crippen molar-refractivity contribution in [3.8, 4) is 5.75 Å². The van der Waals surface area contributed by atoms with Gasteiger partial charge in [-0.2, -0.15) is 0 Å². The first-order valence-corrected chi connectivity index (χ1v) is 13.1. The average molecular weight is 491 g/mol. The Kier molecular flexibility index (Phi) is 6.99. The summed E-state index contributed by atoms with van der Waals surface area (Å²) in [5.41, 5.74) is 1.36. The zero-order valence-corrected chi connectivity index (χ0v) is 19.9. The molecule has 9 nitrogen and oxygen atoms in total. The zero-order chi connectivity index (χ0) is 23.4. The molecule has 0 aromatic heterocycles. The average Bonchev–Trinajstić information content (AvgIpc) is 3.46. The van der Waals surface area contributed by atoms with Crippen molar-refractivity contribution >= 4 is 50.0 Å². The Balaban J connectivity index is 1.59. The van der Waals surface area contributed by atoms with Gasteiger partial charge in [-0.1, -0.05) is 11.8 Å². The summed E-state index contributed by atoms with van der Waals surface area (Å²) in [4.78, 5) is 27.8. The van der Waals surface area contributed by atoms with Crippen LogP contribution in [0.2, 0.25) is 0 Å². The van der Waals surface area contributed by atoms with Crippen LogP contribution < -0.4 is 19.7 Å². The molecule has 4 rings (SSSR count). The fourth-order valence-corrected chi connectivity index (χ4v) is 5.97. The van der Waals surface area contributed by atoms with E-state index in [1.807, 2.05) is 4.90 Å². The van der Waals surface area contributed by atoms with E-state index in [-0.39, 0.29) is 22.6 Å². The number of carbonyl (C=O) groups excluding carboxylic acids is 2. The summed E-state index contributed by atoms with van der Waals surface area (Å²) >= 11 is 1.18. The van der Waals surface area contributed by atoms with Crippen molar-refractivity contribution in [3.63, 3.8) is 0 Å². The standard InChI is InChI=1S/C22H26N4O5S2/c1-31-18-7-4-16(5-8-18)24-33(29,30)20-14-17(6-9-19(20)25-10-2-3-11-25)23-21(27)15-26-12-13-32-22(26)28/h4-9,14,24H,2-3,10-13,15H2,1H3,(H,23,27). The normalized spacial score (nSPS) is 16.2. The van der Waals surface area contributed by atoms with Crippen LogP contribution in [0.25, 0.3) is 0 Å². The van der Waals surface area contributed by atoms with E-state index in [9.17, 15) is 18.0 Å². The number of anilines is 3. The van der Waals surface area contributed by atoms with Gasteiger partial charge in [0, 0.05) is 36.8 Å². The lowest BCUT2D eigenvalue weighted by molar-refractivity contribution is -0.116. The number of rotatable bonds is 8. The predicted octanol–water partition coefficient (Wildman–Crippen LogP) is 3.20. The molecule has 33 heavy (non-hydrogen) atoms. The second kappa shape index (κ2) is 9.92. The summed E-state index contributed by atoms with van der Waals surface area (Å²) in [6, 6.07) is 11.5. The van der Waals surface area contributed by atoms with Crippen LogP contribution in [0.4, 0.5) is 21.9 Å². The summed E-state index contributed by atoms with van der Waals surface area (Å²) in [6.07, 6.45) is 1.98. The first kappa shape index (κ1) is 23.2. The van der Waals surface area contributed by atoms with Gasteiger partial charge in [-0.05, 0) is 55.3 Å². The third-order valence-corrected chi connectivity index (χ3v) is 7.80. The van der Waals surface area contributed by atoms with Gasteiger partial charge in [-0.15, -0.1) is 0 Å². The van der Waals surface area contributed by atoms with Gasteiger partial charge in [-0.25, -0.2) is 8.42 Å². The van der Waals surface area contributed by atoms with E-state index in [1.54, 1.807) is 43.5 Å². The molecule has 0 saturated carbocycles. The van der Waals surface area contributed by atoms with Gasteiger partial charge < -0.3 is 19.9 Å². The lowest BCUT2D eigenvalue weighted by atomic mass is 10.2. The van der Waals surface area contributed by atoms with E-state index in [0.717, 1.165) is 25.9 Å². The molecule has 0 spiro atoms. The summed E-state index contributed by atoms with van der Waals surface area (Å²) in [5.74, 6) is 0.914. The molecule has 0 bridgehead atoms. The lowest BCUT2D eigenvalue weighted by Crippen LogP contribution is -2.33. The molecule has 2 N–H and O–H groups in total. The van der Waals surface area contributed by atoms with E-state index in [1.165, 1.54) is 22.7 Å². The van der Waals surface area contributed by atoms with Crippen LogP contribution in [0.15, 0.2) is 47.4 Å². The maximum absolute atomic E-state index is 13.4. The van der Waals surface area contributed by atoms with Crippen LogP contribution >= 0.6 is 11.8 Å². The number of amides is 2. The minimum atomic E-state index is -3.94. The third kappa shape index (κ3) is 5.53. The summed E-state index contributed by atoms with van der Waals surface area (Å²) in [7, 11) is -2.40. The van der Waals surface area contributed by atoms with Crippen molar-refractivity contribution in [3.05, 3.63) is 42.5 Å². The van der Waals surface area contributed by atoms with Gasteiger partial charge >= 0.3 is 0 Å². The van der Waals surface area contributed by atoms with Crippen LogP contribution in [0.5, 0.6) is 5.75 Å². The molecular weight excluding hydrogens is 464 g/mol. The molecule has 2 aliphatic rings. The molecule has 2 amide bonds. The number of thioether (sulfide) groups is 1. The summed E-state index contributed by atoms with van der Waals surface area (Å²) in [5, 5.41) is 2.61. The number of ether oxygens (including phenoxy) is 1. The molecule has 2 heterocycles. The second-order valence-corrected chi connectivity index (χ2v) is 10.5. The van der Waals surface area contributed by atoms with Gasteiger partial charge in [-0.3, -0.25) is 14.3 Å². The van der Waals surface area contributed by atoms with Crippen LogP contribution in [-0.4, -0.2) is 63.5 Å². The highest BCUT2D eigenvalue weighted by molar-refractivity contribution is 8.13. The predicted molar refractivity (Wildman–Crippen MR) is 130 cm³/mol. The van der Waals surface area contributed by atoms with Gasteiger partial charge in [0.2, 0.25) is 5.91 Å². The fourth-order valence-electron chi connectivity index (χ4n) is 3.84. The van der Waals surface area contributed by atoms with Crippen molar-refractivity contribution in [2.24, 2.45) is 0 Å². The van der Waals surface area contributed by atoms with Crippen molar-refractivity contribution in [2.75, 3.05) is 54.0 Å². The molecule has 2 aliphatic heterocycles. The van der Waals surface area contributed by atoms with E-state index in [0.29, 0.717) is 35.1 Å². The molecule has 0 aliphatic carbocycles. The first-order valence-electron chi connectivity index (χ1n) is 10.6. The number of hydrogen-bond acceptors (Lipinski definition) is 7. The third-order valence-electron chi connectivity index (χ3n) is 5.50. The van der Waals surface area contributed by atoms with Crippen molar-refractivity contribution in [1.29, 1.82) is 0 Å². The lowest BCUT2D eigenvalue weighted by Gasteiger charge is -2.23. The van der Waals surface area contributed by atoms with E-state index < -0.39 is 10.0 Å². The number of hydrogen-bond donors (Lipinski definition) is 2. The van der Waals surface area contributed by atoms with Gasteiger partial charge in [0.05, 0.1) is 12.8 Å². The topological polar surface area (TPSA) is 108 Å². The van der Waals surface area contributed by atoms with Gasteiger partial charge in [0.15, 0.2) is 0 Å². The Labute approximate surface area is 197 Å². The highest BCUT2D eigenvalue weighted by Crippen LogP contribution is 2.32. The maximum Gasteiger partial charge on any atom is 0.282 e. The Morgan fingerprint density at radius 3 is 2.39 bits per heavy atom. The second-order valence-electron chi connectivity index (χ2n) is 7.79. The van der Waals surface area contributed by atoms with E-state index in [2.05, 4.69) is 10.0 Å². The SMILES string of the molecule is COc1ccc(NS(=O)(=O)c2cc(NC(=O)CN3CCSC3=O)ccc2N2CCCC2)cc1. The Bertz CT molecular complexity index is 1130. The van der Waals surface area contributed by atoms with Gasteiger partial charge in [0.1, 0.15) is 17.2 Å². The highest BCUT2D eigenvalue weighted by Gasteiger charge is 2.26. The van der Waals surface area contributed by atoms with Gasteiger partial charge in [0.25, 0.3) is 15.3 Å². The molecule has 2 aromatic rings. The molecular formula is C22H26N4O5S2. The largest absolute Gasteiger partial charge is 0.497 e. The minimum absolute atomic E-state index is 0.0636. The molecule has 11 heteroatoms.